The van der Waals surface area contributed by atoms with Gasteiger partial charge in [0.1, 0.15) is 0 Å². The first-order valence-electron chi connectivity index (χ1n) is 11.2. The highest BCUT2D eigenvalue weighted by Gasteiger charge is 2.35. The van der Waals surface area contributed by atoms with Gasteiger partial charge in [-0.3, -0.25) is 4.79 Å². The van der Waals surface area contributed by atoms with Crippen molar-refractivity contribution in [3.63, 3.8) is 0 Å². The average Bonchev–Trinajstić information content (AvgIpc) is 2.84. The third-order valence-electron chi connectivity index (χ3n) is 5.83. The molecule has 186 valence electrons. The zero-order valence-corrected chi connectivity index (χ0v) is 22.3. The number of hydrogen-bond donors (Lipinski definition) is 1. The quantitative estimate of drug-likeness (QED) is 0.311. The van der Waals surface area contributed by atoms with Gasteiger partial charge in [0.15, 0.2) is 5.60 Å². The molecule has 0 spiro atoms. The van der Waals surface area contributed by atoms with Crippen LogP contribution in [0.5, 0.6) is 0 Å². The SMILES string of the molecule is CC(NC(=O)C(C)(C)OC(=O)c1ccc(Cl)c(Cl)c1)C(Cc1ccc(Cl)cc1)c1cccc(C#N)c1. The van der Waals surface area contributed by atoms with Crippen LogP contribution < -0.4 is 5.32 Å². The van der Waals surface area contributed by atoms with Gasteiger partial charge in [-0.1, -0.05) is 59.1 Å². The number of carbonyl (C=O) groups excluding carboxylic acids is 2. The molecule has 1 amide bonds. The van der Waals surface area contributed by atoms with E-state index in [0.29, 0.717) is 22.0 Å². The highest BCUT2D eigenvalue weighted by molar-refractivity contribution is 6.42. The normalized spacial score (nSPS) is 12.8. The lowest BCUT2D eigenvalue weighted by molar-refractivity contribution is -0.138. The molecule has 0 radical (unpaired) electrons. The minimum absolute atomic E-state index is 0.162. The molecule has 3 rings (SSSR count). The summed E-state index contributed by atoms with van der Waals surface area (Å²) in [4.78, 5) is 25.9. The van der Waals surface area contributed by atoms with Crippen LogP contribution in [0.25, 0.3) is 0 Å². The average molecular weight is 544 g/mol. The molecule has 0 heterocycles. The van der Waals surface area contributed by atoms with Gasteiger partial charge in [0.25, 0.3) is 5.91 Å². The van der Waals surface area contributed by atoms with E-state index >= 15 is 0 Å². The molecule has 1 N–H and O–H groups in total. The summed E-state index contributed by atoms with van der Waals surface area (Å²) < 4.78 is 5.52. The van der Waals surface area contributed by atoms with Crippen molar-refractivity contribution in [1.82, 2.24) is 5.32 Å². The number of esters is 1. The Kier molecular flexibility index (Phi) is 9.03. The Morgan fingerprint density at radius 1 is 1.00 bits per heavy atom. The molecule has 0 aliphatic rings. The van der Waals surface area contributed by atoms with Gasteiger partial charge in [-0.15, -0.1) is 0 Å². The minimum Gasteiger partial charge on any atom is -0.446 e. The zero-order valence-electron chi connectivity index (χ0n) is 20.0. The van der Waals surface area contributed by atoms with Gasteiger partial charge in [0.2, 0.25) is 0 Å². The molecule has 36 heavy (non-hydrogen) atoms. The zero-order chi connectivity index (χ0) is 26.5. The molecular weight excluding hydrogens is 519 g/mol. The van der Waals surface area contributed by atoms with E-state index in [2.05, 4.69) is 11.4 Å². The highest BCUT2D eigenvalue weighted by Crippen LogP contribution is 2.28. The number of nitrogens with one attached hydrogen (secondary N) is 1. The molecule has 0 aliphatic carbocycles. The maximum atomic E-state index is 13.2. The van der Waals surface area contributed by atoms with Crippen molar-refractivity contribution in [2.75, 3.05) is 0 Å². The Balaban J connectivity index is 1.80. The van der Waals surface area contributed by atoms with Gasteiger partial charge < -0.3 is 10.1 Å². The molecular formula is C28H25Cl3N2O3. The molecule has 2 unspecified atom stereocenters. The van der Waals surface area contributed by atoms with Gasteiger partial charge in [-0.05, 0) is 80.8 Å². The number of nitrogens with zero attached hydrogens (tertiary/aromatic N) is 1. The molecule has 3 aromatic rings. The summed E-state index contributed by atoms with van der Waals surface area (Å²) >= 11 is 18.0. The molecule has 3 aromatic carbocycles. The fraction of sp³-hybridized carbons (Fsp3) is 0.250. The predicted octanol–water partition coefficient (Wildman–Crippen LogP) is 6.99. The summed E-state index contributed by atoms with van der Waals surface area (Å²) in [5.41, 5.74) is 1.19. The third kappa shape index (κ3) is 7.01. The smallest absolute Gasteiger partial charge is 0.339 e. The van der Waals surface area contributed by atoms with Crippen LogP contribution in [0.3, 0.4) is 0 Å². The molecule has 5 nitrogen and oxygen atoms in total. The molecule has 8 heteroatoms. The van der Waals surface area contributed by atoms with Crippen molar-refractivity contribution in [3.8, 4) is 6.07 Å². The summed E-state index contributed by atoms with van der Waals surface area (Å²) in [5.74, 6) is -1.31. The second kappa shape index (κ2) is 11.8. The lowest BCUT2D eigenvalue weighted by Gasteiger charge is -2.30. The van der Waals surface area contributed by atoms with Gasteiger partial charge in [-0.25, -0.2) is 4.79 Å². The van der Waals surface area contributed by atoms with Crippen LogP contribution in [-0.4, -0.2) is 23.5 Å². The number of carbonyl (C=O) groups is 2. The molecule has 0 saturated heterocycles. The number of benzene rings is 3. The van der Waals surface area contributed by atoms with E-state index in [9.17, 15) is 14.9 Å². The van der Waals surface area contributed by atoms with Crippen LogP contribution in [0.4, 0.5) is 0 Å². The Hall–Kier alpha value is -3.04. The summed E-state index contributed by atoms with van der Waals surface area (Å²) in [5, 5.41) is 13.5. The van der Waals surface area contributed by atoms with Crippen LogP contribution in [0.2, 0.25) is 15.1 Å². The van der Waals surface area contributed by atoms with Gasteiger partial charge in [-0.2, -0.15) is 5.26 Å². The van der Waals surface area contributed by atoms with Crippen LogP contribution in [0.15, 0.2) is 66.7 Å². The van der Waals surface area contributed by atoms with E-state index in [0.717, 1.165) is 11.1 Å². The van der Waals surface area contributed by atoms with Crippen LogP contribution in [-0.2, 0) is 16.0 Å². The molecule has 0 bridgehead atoms. The number of nitriles is 1. The van der Waals surface area contributed by atoms with Crippen LogP contribution in [0.1, 0.15) is 53.7 Å². The van der Waals surface area contributed by atoms with Crippen LogP contribution in [0, 0.1) is 11.3 Å². The monoisotopic (exact) mass is 542 g/mol. The van der Waals surface area contributed by atoms with Crippen molar-refractivity contribution in [1.29, 1.82) is 5.26 Å². The largest absolute Gasteiger partial charge is 0.446 e. The van der Waals surface area contributed by atoms with Crippen molar-refractivity contribution in [3.05, 3.63) is 104 Å². The number of halogens is 3. The second-order valence-electron chi connectivity index (χ2n) is 8.97. The molecule has 2 atom stereocenters. The number of ether oxygens (including phenoxy) is 1. The van der Waals surface area contributed by atoms with Gasteiger partial charge >= 0.3 is 5.97 Å². The van der Waals surface area contributed by atoms with E-state index in [1.54, 1.807) is 6.07 Å². The first-order chi connectivity index (χ1) is 17.0. The first-order valence-corrected chi connectivity index (χ1v) is 12.4. The Morgan fingerprint density at radius 2 is 1.69 bits per heavy atom. The predicted molar refractivity (Wildman–Crippen MR) is 143 cm³/mol. The Bertz CT molecular complexity index is 1300. The minimum atomic E-state index is -1.46. The lowest BCUT2D eigenvalue weighted by atomic mass is 9.85. The number of hydrogen-bond acceptors (Lipinski definition) is 4. The molecule has 0 fully saturated rings. The Labute approximate surface area is 225 Å². The highest BCUT2D eigenvalue weighted by atomic mass is 35.5. The van der Waals surface area contributed by atoms with Gasteiger partial charge in [0, 0.05) is 17.0 Å². The number of amides is 1. The number of rotatable bonds is 8. The third-order valence-corrected chi connectivity index (χ3v) is 6.82. The summed E-state index contributed by atoms with van der Waals surface area (Å²) in [6.45, 7) is 4.93. The maximum absolute atomic E-state index is 13.2. The first kappa shape index (κ1) is 27.5. The fourth-order valence-corrected chi connectivity index (χ4v) is 4.16. The second-order valence-corrected chi connectivity index (χ2v) is 10.2. The van der Waals surface area contributed by atoms with Crippen molar-refractivity contribution < 1.29 is 14.3 Å². The standard InChI is InChI=1S/C28H25Cl3N2O3/c1-17(33-27(35)28(2,3)36-26(34)21-9-12-24(30)25(31)15-21)23(14-18-7-10-22(29)11-8-18)20-6-4-5-19(13-20)16-32/h4-13,15,17,23H,14H2,1-3H3,(H,33,35). The van der Waals surface area contributed by atoms with Crippen molar-refractivity contribution in [2.24, 2.45) is 0 Å². The fourth-order valence-electron chi connectivity index (χ4n) is 3.74. The van der Waals surface area contributed by atoms with Crippen molar-refractivity contribution >= 4 is 46.7 Å². The Morgan fingerprint density at radius 3 is 2.33 bits per heavy atom. The van der Waals surface area contributed by atoms with Crippen LogP contribution >= 0.6 is 34.8 Å². The molecule has 0 aromatic heterocycles. The summed E-state index contributed by atoms with van der Waals surface area (Å²) in [6, 6.07) is 21.0. The van der Waals surface area contributed by atoms with E-state index in [-0.39, 0.29) is 22.5 Å². The lowest BCUT2D eigenvalue weighted by Crippen LogP contribution is -2.50. The van der Waals surface area contributed by atoms with E-state index in [1.165, 1.54) is 32.0 Å². The summed E-state index contributed by atoms with van der Waals surface area (Å²) in [7, 11) is 0. The topological polar surface area (TPSA) is 79.2 Å². The van der Waals surface area contributed by atoms with E-state index in [1.807, 2.05) is 49.4 Å². The molecule has 0 saturated carbocycles. The summed E-state index contributed by atoms with van der Waals surface area (Å²) in [6.07, 6.45) is 0.594. The molecule has 0 aliphatic heterocycles. The van der Waals surface area contributed by atoms with E-state index in [4.69, 9.17) is 39.5 Å². The van der Waals surface area contributed by atoms with Gasteiger partial charge in [0.05, 0.1) is 27.2 Å². The van der Waals surface area contributed by atoms with Crippen molar-refractivity contribution in [2.45, 2.75) is 44.8 Å². The van der Waals surface area contributed by atoms with E-state index < -0.39 is 17.5 Å². The maximum Gasteiger partial charge on any atom is 0.339 e.